The van der Waals surface area contributed by atoms with E-state index in [0.717, 1.165) is 12.8 Å². The molecule has 0 heterocycles. The predicted octanol–water partition coefficient (Wildman–Crippen LogP) is 12.3. The van der Waals surface area contributed by atoms with Gasteiger partial charge in [-0.15, -0.1) is 0 Å². The van der Waals surface area contributed by atoms with Crippen LogP contribution in [0.1, 0.15) is 74.1 Å². The molecule has 0 amide bonds. The van der Waals surface area contributed by atoms with Crippen LogP contribution in [0.15, 0.2) is 145 Å². The van der Waals surface area contributed by atoms with Crippen LogP contribution in [-0.4, -0.2) is 12.1 Å². The van der Waals surface area contributed by atoms with Crippen LogP contribution in [0.4, 0.5) is 22.7 Å². The van der Waals surface area contributed by atoms with Gasteiger partial charge >= 0.3 is 0 Å². The van der Waals surface area contributed by atoms with Gasteiger partial charge in [-0.3, -0.25) is 0 Å². The topological polar surface area (TPSA) is 6.48 Å². The first-order chi connectivity index (χ1) is 23.4. The summed E-state index contributed by atoms with van der Waals surface area (Å²) in [4.78, 5) is 5.03. The third kappa shape index (κ3) is 6.59. The number of hydrogen-bond acceptors (Lipinski definition) is 2. The first-order valence-corrected chi connectivity index (χ1v) is 18.0. The van der Waals surface area contributed by atoms with E-state index in [2.05, 4.69) is 171 Å². The normalized spacial score (nSPS) is 20.2. The first-order valence-electron chi connectivity index (χ1n) is 18.0. The summed E-state index contributed by atoms with van der Waals surface area (Å²) in [5.74, 6) is 0. The van der Waals surface area contributed by atoms with Crippen LogP contribution in [-0.2, 0) is 5.41 Å². The summed E-state index contributed by atoms with van der Waals surface area (Å²) in [6.07, 6.45) is 23.1. The van der Waals surface area contributed by atoms with Crippen molar-refractivity contribution in [3.63, 3.8) is 0 Å². The molecular formula is C46H50N2. The van der Waals surface area contributed by atoms with Crippen molar-refractivity contribution in [2.45, 2.75) is 90.1 Å². The Hall–Kier alpha value is -4.56. The van der Waals surface area contributed by atoms with Crippen LogP contribution in [0.3, 0.4) is 0 Å². The molecule has 0 N–H and O–H groups in total. The van der Waals surface area contributed by atoms with Crippen molar-refractivity contribution in [2.75, 3.05) is 9.80 Å². The van der Waals surface area contributed by atoms with E-state index in [1.54, 1.807) is 0 Å². The van der Waals surface area contributed by atoms with Gasteiger partial charge < -0.3 is 9.80 Å². The molecule has 2 nitrogen and oxygen atoms in total. The van der Waals surface area contributed by atoms with Gasteiger partial charge in [-0.2, -0.15) is 0 Å². The molecular weight excluding hydrogens is 581 g/mol. The zero-order chi connectivity index (χ0) is 33.1. The molecule has 48 heavy (non-hydrogen) atoms. The Morgan fingerprint density at radius 2 is 0.958 bits per heavy atom. The third-order valence-electron chi connectivity index (χ3n) is 10.9. The number of benzene rings is 4. The molecule has 0 bridgehead atoms. The quantitative estimate of drug-likeness (QED) is 0.191. The van der Waals surface area contributed by atoms with Crippen LogP contribution in [0, 0.1) is 20.8 Å². The minimum atomic E-state index is 0.0656. The molecule has 3 aliphatic carbocycles. The molecule has 0 aliphatic heterocycles. The smallest absolute Gasteiger partial charge is 0.0517 e. The summed E-state index contributed by atoms with van der Waals surface area (Å²) in [5, 5.41) is 0. The lowest BCUT2D eigenvalue weighted by Gasteiger charge is -2.43. The maximum absolute atomic E-state index is 2.65. The molecule has 7 rings (SSSR count). The van der Waals surface area contributed by atoms with Crippen LogP contribution in [0.2, 0.25) is 0 Å². The molecule has 4 aromatic carbocycles. The Morgan fingerprint density at radius 3 is 1.42 bits per heavy atom. The zero-order valence-electron chi connectivity index (χ0n) is 29.2. The van der Waals surface area contributed by atoms with E-state index >= 15 is 0 Å². The summed E-state index contributed by atoms with van der Waals surface area (Å²) >= 11 is 0. The van der Waals surface area contributed by atoms with Gasteiger partial charge in [0.15, 0.2) is 0 Å². The lowest BCUT2D eigenvalue weighted by Crippen LogP contribution is -2.43. The Bertz CT molecular complexity index is 1770. The van der Waals surface area contributed by atoms with E-state index in [0.29, 0.717) is 12.1 Å². The number of rotatable bonds is 8. The average molecular weight is 631 g/mol. The van der Waals surface area contributed by atoms with E-state index < -0.39 is 0 Å². The van der Waals surface area contributed by atoms with Gasteiger partial charge in [-0.05, 0) is 113 Å². The molecule has 4 aromatic rings. The summed E-state index contributed by atoms with van der Waals surface area (Å²) in [6.45, 7) is 8.69. The predicted molar refractivity (Wildman–Crippen MR) is 206 cm³/mol. The summed E-state index contributed by atoms with van der Waals surface area (Å²) in [7, 11) is 0. The van der Waals surface area contributed by atoms with Gasteiger partial charge in [0.25, 0.3) is 0 Å². The van der Waals surface area contributed by atoms with Gasteiger partial charge in [0, 0.05) is 28.2 Å². The Kier molecular flexibility index (Phi) is 9.26. The zero-order valence-corrected chi connectivity index (χ0v) is 29.2. The standard InChI is InChI=1S/C46H50N2/c1-34-8-20-40(21-9-34)47(41-22-10-35(2)11-23-41)44-28-16-38(17-29-44)46(32-6-5-7-33-46)39-18-30-45(31-19-39)48(42-24-12-36(3)13-25-42)43-26-14-37(4)15-27-43/h8-26,28-30,43,45H,5-7,27,31-33H2,1-4H3. The lowest BCUT2D eigenvalue weighted by molar-refractivity contribution is 0.343. The fourth-order valence-electron chi connectivity index (χ4n) is 8.10. The summed E-state index contributed by atoms with van der Waals surface area (Å²) in [6, 6.07) is 37.2. The number of anilines is 4. The van der Waals surface area contributed by atoms with Crippen molar-refractivity contribution in [2.24, 2.45) is 0 Å². The van der Waals surface area contributed by atoms with Crippen LogP contribution < -0.4 is 9.80 Å². The molecule has 0 aromatic heterocycles. The van der Waals surface area contributed by atoms with Crippen LogP contribution in [0.5, 0.6) is 0 Å². The molecule has 1 saturated carbocycles. The van der Waals surface area contributed by atoms with Crippen molar-refractivity contribution >= 4 is 22.7 Å². The molecule has 0 spiro atoms. The fourth-order valence-corrected chi connectivity index (χ4v) is 8.10. The molecule has 2 heteroatoms. The fraction of sp³-hybridized carbons (Fsp3) is 0.304. The second-order valence-electron chi connectivity index (χ2n) is 14.4. The molecule has 244 valence electrons. The monoisotopic (exact) mass is 630 g/mol. The number of aryl methyl sites for hydroxylation is 3. The third-order valence-corrected chi connectivity index (χ3v) is 10.9. The van der Waals surface area contributed by atoms with Gasteiger partial charge in [0.1, 0.15) is 0 Å². The molecule has 2 atom stereocenters. The van der Waals surface area contributed by atoms with Gasteiger partial charge in [0.2, 0.25) is 0 Å². The Morgan fingerprint density at radius 1 is 0.500 bits per heavy atom. The minimum Gasteiger partial charge on any atom is -0.358 e. The molecule has 0 radical (unpaired) electrons. The Labute approximate surface area is 288 Å². The highest BCUT2D eigenvalue weighted by Crippen LogP contribution is 2.48. The van der Waals surface area contributed by atoms with E-state index in [-0.39, 0.29) is 5.41 Å². The minimum absolute atomic E-state index is 0.0656. The number of hydrogen-bond donors (Lipinski definition) is 0. The highest BCUT2D eigenvalue weighted by Gasteiger charge is 2.38. The average Bonchev–Trinajstić information content (AvgIpc) is 3.13. The molecule has 2 unspecified atom stereocenters. The summed E-state index contributed by atoms with van der Waals surface area (Å²) < 4.78 is 0. The maximum atomic E-state index is 2.65. The van der Waals surface area contributed by atoms with E-state index in [1.165, 1.54) is 88.3 Å². The number of allylic oxidation sites excluding steroid dienone is 4. The molecule has 3 aliphatic rings. The summed E-state index contributed by atoms with van der Waals surface area (Å²) in [5.41, 5.74) is 13.1. The van der Waals surface area contributed by atoms with Crippen molar-refractivity contribution in [3.8, 4) is 0 Å². The molecule has 1 fully saturated rings. The van der Waals surface area contributed by atoms with Crippen LogP contribution >= 0.6 is 0 Å². The largest absolute Gasteiger partial charge is 0.358 e. The highest BCUT2D eigenvalue weighted by molar-refractivity contribution is 5.77. The van der Waals surface area contributed by atoms with Gasteiger partial charge in [-0.1, -0.05) is 127 Å². The van der Waals surface area contributed by atoms with E-state index in [9.17, 15) is 0 Å². The van der Waals surface area contributed by atoms with Gasteiger partial charge in [-0.25, -0.2) is 0 Å². The second kappa shape index (κ2) is 13.9. The lowest BCUT2D eigenvalue weighted by atomic mass is 9.64. The van der Waals surface area contributed by atoms with Crippen molar-refractivity contribution in [1.29, 1.82) is 0 Å². The van der Waals surface area contributed by atoms with Gasteiger partial charge in [0.05, 0.1) is 12.1 Å². The first kappa shape index (κ1) is 32.0. The number of nitrogens with zero attached hydrogens (tertiary/aromatic N) is 2. The van der Waals surface area contributed by atoms with E-state index in [1.807, 2.05) is 0 Å². The van der Waals surface area contributed by atoms with Crippen molar-refractivity contribution in [3.05, 3.63) is 167 Å². The van der Waals surface area contributed by atoms with E-state index in [4.69, 9.17) is 0 Å². The Balaban J connectivity index is 1.19. The maximum Gasteiger partial charge on any atom is 0.0517 e. The SMILES string of the molecule is CC1=CCC(N(c2ccc(C)cc2)C2C=CC(C3(c4ccc(N(c5ccc(C)cc5)c5ccc(C)cc5)cc4)CCCCC3)=CC2)C=C1. The second-order valence-corrected chi connectivity index (χ2v) is 14.4. The van der Waals surface area contributed by atoms with Crippen LogP contribution in [0.25, 0.3) is 0 Å². The van der Waals surface area contributed by atoms with Crippen molar-refractivity contribution < 1.29 is 0 Å². The molecule has 0 saturated heterocycles. The highest BCUT2D eigenvalue weighted by atomic mass is 15.2. The van der Waals surface area contributed by atoms with Crippen molar-refractivity contribution in [1.82, 2.24) is 0 Å².